The summed E-state index contributed by atoms with van der Waals surface area (Å²) in [5, 5.41) is 0. The fraction of sp³-hybridized carbons (Fsp3) is 0.520. The highest BCUT2D eigenvalue weighted by Gasteiger charge is 2.27. The van der Waals surface area contributed by atoms with E-state index in [4.69, 9.17) is 0 Å². The molecule has 174 valence electrons. The highest BCUT2D eigenvalue weighted by atomic mass is 32.2. The Bertz CT molecular complexity index is 1020. The molecule has 1 fully saturated rings. The molecular formula is C25H35N3O3S. The van der Waals surface area contributed by atoms with Crippen molar-refractivity contribution in [1.29, 1.82) is 0 Å². The third-order valence-electron chi connectivity index (χ3n) is 5.96. The zero-order valence-electron chi connectivity index (χ0n) is 19.8. The molecule has 7 heteroatoms. The Labute approximate surface area is 192 Å². The van der Waals surface area contributed by atoms with Gasteiger partial charge in [-0.3, -0.25) is 14.7 Å². The van der Waals surface area contributed by atoms with Crippen LogP contribution in [-0.2, 0) is 21.2 Å². The Morgan fingerprint density at radius 1 is 1.09 bits per heavy atom. The van der Waals surface area contributed by atoms with E-state index in [-0.39, 0.29) is 11.3 Å². The number of rotatable bonds is 6. The average molecular weight is 458 g/mol. The molecule has 32 heavy (non-hydrogen) atoms. The van der Waals surface area contributed by atoms with Crippen molar-refractivity contribution in [2.24, 2.45) is 5.41 Å². The summed E-state index contributed by atoms with van der Waals surface area (Å²) in [6.45, 7) is 8.77. The largest absolute Gasteiger partial charge is 0.343 e. The van der Waals surface area contributed by atoms with Crippen molar-refractivity contribution >= 4 is 15.7 Å². The molecule has 2 aromatic rings. The molecule has 0 radical (unpaired) electrons. The second-order valence-electron chi connectivity index (χ2n) is 10.1. The number of hydrogen-bond donors (Lipinski definition) is 0. The van der Waals surface area contributed by atoms with E-state index in [9.17, 15) is 13.2 Å². The van der Waals surface area contributed by atoms with Crippen LogP contribution in [0.5, 0.6) is 0 Å². The molecule has 1 saturated heterocycles. The molecule has 1 amide bonds. The number of piperidine rings is 1. The number of aromatic nitrogens is 1. The molecule has 1 aliphatic heterocycles. The fourth-order valence-corrected chi connectivity index (χ4v) is 4.73. The maximum atomic E-state index is 12.5. The van der Waals surface area contributed by atoms with E-state index < -0.39 is 9.84 Å². The normalized spacial score (nSPS) is 15.9. The monoisotopic (exact) mass is 457 g/mol. The second kappa shape index (κ2) is 9.71. The lowest BCUT2D eigenvalue weighted by Crippen LogP contribution is -2.46. The number of likely N-dealkylation sites (tertiary alicyclic amines) is 1. The van der Waals surface area contributed by atoms with Gasteiger partial charge in [-0.05, 0) is 49.1 Å². The predicted octanol–water partition coefficient (Wildman–Crippen LogP) is 4.01. The van der Waals surface area contributed by atoms with E-state index in [1.165, 1.54) is 6.26 Å². The van der Waals surface area contributed by atoms with Gasteiger partial charge in [0.2, 0.25) is 5.91 Å². The van der Waals surface area contributed by atoms with Crippen molar-refractivity contribution in [3.05, 3.63) is 48.2 Å². The Morgan fingerprint density at radius 2 is 1.72 bits per heavy atom. The van der Waals surface area contributed by atoms with Crippen molar-refractivity contribution in [2.45, 2.75) is 57.5 Å². The minimum atomic E-state index is -3.20. The molecule has 2 heterocycles. The smallest absolute Gasteiger partial charge is 0.223 e. The average Bonchev–Trinajstić information content (AvgIpc) is 2.72. The summed E-state index contributed by atoms with van der Waals surface area (Å²) >= 11 is 0. The number of carbonyl (C=O) groups is 1. The minimum absolute atomic E-state index is 0.0274. The molecule has 3 rings (SSSR count). The standard InChI is InChI=1S/C25H35N3O3S/c1-25(2,3)16-24(29)28-14-12-21(13-15-28)27(4)18-19-6-11-23(26-17-19)20-7-9-22(10-8-20)32(5,30)31/h6-11,17,21H,12-16,18H2,1-5H3. The first kappa shape index (κ1) is 24.4. The number of benzene rings is 1. The Balaban J connectivity index is 1.54. The van der Waals surface area contributed by atoms with Gasteiger partial charge in [-0.25, -0.2) is 8.42 Å². The summed E-state index contributed by atoms with van der Waals surface area (Å²) in [5.74, 6) is 0.267. The second-order valence-corrected chi connectivity index (χ2v) is 12.1. The molecular weight excluding hydrogens is 422 g/mol. The predicted molar refractivity (Wildman–Crippen MR) is 128 cm³/mol. The molecule has 0 atom stereocenters. The highest BCUT2D eigenvalue weighted by molar-refractivity contribution is 7.90. The lowest BCUT2D eigenvalue weighted by Gasteiger charge is -2.37. The van der Waals surface area contributed by atoms with Gasteiger partial charge in [-0.2, -0.15) is 0 Å². The fourth-order valence-electron chi connectivity index (χ4n) is 4.10. The maximum Gasteiger partial charge on any atom is 0.223 e. The van der Waals surface area contributed by atoms with Crippen molar-refractivity contribution in [2.75, 3.05) is 26.4 Å². The van der Waals surface area contributed by atoms with Gasteiger partial charge in [0.1, 0.15) is 0 Å². The Kier molecular flexibility index (Phi) is 7.40. The van der Waals surface area contributed by atoms with Gasteiger partial charge in [0, 0.05) is 50.1 Å². The summed E-state index contributed by atoms with van der Waals surface area (Å²) in [6.07, 6.45) is 5.68. The van der Waals surface area contributed by atoms with Crippen molar-refractivity contribution in [1.82, 2.24) is 14.8 Å². The zero-order chi connectivity index (χ0) is 23.5. The van der Waals surface area contributed by atoms with E-state index in [2.05, 4.69) is 43.8 Å². The van der Waals surface area contributed by atoms with E-state index in [0.717, 1.165) is 49.3 Å². The number of amides is 1. The summed E-state index contributed by atoms with van der Waals surface area (Å²) in [7, 11) is -1.06. The molecule has 0 saturated carbocycles. The third-order valence-corrected chi connectivity index (χ3v) is 7.09. The number of nitrogens with zero attached hydrogens (tertiary/aromatic N) is 3. The molecule has 6 nitrogen and oxygen atoms in total. The van der Waals surface area contributed by atoms with Gasteiger partial charge >= 0.3 is 0 Å². The van der Waals surface area contributed by atoms with Gasteiger partial charge in [0.05, 0.1) is 10.6 Å². The van der Waals surface area contributed by atoms with Crippen LogP contribution >= 0.6 is 0 Å². The van der Waals surface area contributed by atoms with Gasteiger partial charge in [-0.1, -0.05) is 39.0 Å². The van der Waals surface area contributed by atoms with Crippen molar-refractivity contribution in [3.63, 3.8) is 0 Å². The van der Waals surface area contributed by atoms with E-state index >= 15 is 0 Å². The minimum Gasteiger partial charge on any atom is -0.343 e. The van der Waals surface area contributed by atoms with Crippen molar-refractivity contribution < 1.29 is 13.2 Å². The summed E-state index contributed by atoms with van der Waals surface area (Å²) < 4.78 is 23.3. The maximum absolute atomic E-state index is 12.5. The summed E-state index contributed by atoms with van der Waals surface area (Å²) in [4.78, 5) is 21.7. The Hall–Kier alpha value is -2.25. The molecule has 1 aliphatic rings. The summed E-state index contributed by atoms with van der Waals surface area (Å²) in [6, 6.07) is 11.3. The van der Waals surface area contributed by atoms with E-state index in [1.54, 1.807) is 24.3 Å². The molecule has 0 unspecified atom stereocenters. The van der Waals surface area contributed by atoms with Gasteiger partial charge in [0.15, 0.2) is 9.84 Å². The lowest BCUT2D eigenvalue weighted by molar-refractivity contribution is -0.134. The SMILES string of the molecule is CN(Cc1ccc(-c2ccc(S(C)(=O)=O)cc2)nc1)C1CCN(C(=O)CC(C)(C)C)CC1. The van der Waals surface area contributed by atoms with Crippen LogP contribution in [-0.4, -0.2) is 61.5 Å². The molecule has 0 N–H and O–H groups in total. The molecule has 0 bridgehead atoms. The molecule has 1 aromatic carbocycles. The highest BCUT2D eigenvalue weighted by Crippen LogP contribution is 2.24. The Morgan fingerprint density at radius 3 is 2.22 bits per heavy atom. The number of sulfone groups is 1. The van der Waals surface area contributed by atoms with Crippen molar-refractivity contribution in [3.8, 4) is 11.3 Å². The van der Waals surface area contributed by atoms with Gasteiger partial charge < -0.3 is 4.90 Å². The lowest BCUT2D eigenvalue weighted by atomic mass is 9.91. The van der Waals surface area contributed by atoms with E-state index in [0.29, 0.717) is 17.4 Å². The van der Waals surface area contributed by atoms with Crippen LogP contribution in [0.3, 0.4) is 0 Å². The van der Waals surface area contributed by atoms with Crippen LogP contribution in [0.4, 0.5) is 0 Å². The van der Waals surface area contributed by atoms with Crippen LogP contribution in [0.2, 0.25) is 0 Å². The van der Waals surface area contributed by atoms with Gasteiger partial charge in [0.25, 0.3) is 0 Å². The molecule has 0 aliphatic carbocycles. The first-order chi connectivity index (χ1) is 14.9. The van der Waals surface area contributed by atoms with Gasteiger partial charge in [-0.15, -0.1) is 0 Å². The topological polar surface area (TPSA) is 70.6 Å². The first-order valence-corrected chi connectivity index (χ1v) is 13.0. The number of pyridine rings is 1. The number of hydrogen-bond acceptors (Lipinski definition) is 5. The van der Waals surface area contributed by atoms with Crippen LogP contribution in [0.1, 0.15) is 45.6 Å². The first-order valence-electron chi connectivity index (χ1n) is 11.2. The molecule has 1 aromatic heterocycles. The summed E-state index contributed by atoms with van der Waals surface area (Å²) in [5.41, 5.74) is 2.88. The third kappa shape index (κ3) is 6.62. The molecule has 0 spiro atoms. The van der Waals surface area contributed by atoms with Crippen LogP contribution in [0, 0.1) is 5.41 Å². The van der Waals surface area contributed by atoms with Crippen LogP contribution in [0.15, 0.2) is 47.5 Å². The zero-order valence-corrected chi connectivity index (χ0v) is 20.7. The van der Waals surface area contributed by atoms with E-state index in [1.807, 2.05) is 17.2 Å². The number of carbonyl (C=O) groups excluding carboxylic acids is 1. The van der Waals surface area contributed by atoms with Crippen LogP contribution < -0.4 is 0 Å². The van der Waals surface area contributed by atoms with Crippen LogP contribution in [0.25, 0.3) is 11.3 Å². The quantitative estimate of drug-likeness (QED) is 0.655.